The van der Waals surface area contributed by atoms with Crippen LogP contribution in [0.1, 0.15) is 40.5 Å². The summed E-state index contributed by atoms with van der Waals surface area (Å²) in [6.45, 7) is 17.1. The topological polar surface area (TPSA) is 26.8 Å². The van der Waals surface area contributed by atoms with Gasteiger partial charge >= 0.3 is 0 Å². The van der Waals surface area contributed by atoms with E-state index in [1.165, 1.54) is 0 Å². The van der Waals surface area contributed by atoms with E-state index in [4.69, 9.17) is 0 Å². The van der Waals surface area contributed by atoms with Gasteiger partial charge in [-0.15, -0.1) is 0 Å². The molecule has 0 aromatic heterocycles. The van der Waals surface area contributed by atoms with Gasteiger partial charge in [0.25, 0.3) is 0 Å². The number of carbonyl (C=O) groups is 1. The second-order valence-electron chi connectivity index (χ2n) is 7.40. The molecule has 0 saturated carbocycles. The van der Waals surface area contributed by atoms with E-state index in [1.54, 1.807) is 0 Å². The van der Waals surface area contributed by atoms with Gasteiger partial charge in [-0.2, -0.15) is 0 Å². The predicted molar refractivity (Wildman–Crippen MR) is 87.3 cm³/mol. The summed E-state index contributed by atoms with van der Waals surface area (Å²) in [5.74, 6) is 1.04. The summed E-state index contributed by atoms with van der Waals surface area (Å²) in [5, 5.41) is 0. The molecule has 4 heteroatoms. The zero-order valence-electron chi connectivity index (χ0n) is 14.4. The molecule has 21 heavy (non-hydrogen) atoms. The first-order chi connectivity index (χ1) is 9.94. The highest BCUT2D eigenvalue weighted by molar-refractivity contribution is 5.78. The Morgan fingerprint density at radius 2 is 1.52 bits per heavy atom. The molecule has 0 N–H and O–H groups in total. The number of nitrogens with zero attached hydrogens (tertiary/aromatic N) is 3. The summed E-state index contributed by atoms with van der Waals surface area (Å²) < 4.78 is 0. The van der Waals surface area contributed by atoms with Crippen molar-refractivity contribution in [3.63, 3.8) is 0 Å². The van der Waals surface area contributed by atoms with Crippen LogP contribution in [0.2, 0.25) is 0 Å². The third-order valence-electron chi connectivity index (χ3n) is 5.92. The third kappa shape index (κ3) is 4.19. The van der Waals surface area contributed by atoms with Gasteiger partial charge in [-0.1, -0.05) is 27.7 Å². The second kappa shape index (κ2) is 7.10. The van der Waals surface area contributed by atoms with Crippen molar-refractivity contribution in [2.24, 2.45) is 11.3 Å². The molecule has 2 aliphatic rings. The minimum absolute atomic E-state index is 0.339. The average molecular weight is 295 g/mol. The van der Waals surface area contributed by atoms with Crippen molar-refractivity contribution in [1.29, 1.82) is 0 Å². The highest BCUT2D eigenvalue weighted by Crippen LogP contribution is 2.37. The van der Waals surface area contributed by atoms with Crippen LogP contribution in [0.15, 0.2) is 0 Å². The first-order valence-electron chi connectivity index (χ1n) is 8.67. The molecular formula is C17H33N3O. The van der Waals surface area contributed by atoms with Gasteiger partial charge in [0, 0.05) is 39.3 Å². The van der Waals surface area contributed by atoms with Crippen molar-refractivity contribution in [1.82, 2.24) is 14.7 Å². The van der Waals surface area contributed by atoms with E-state index in [0.29, 0.717) is 23.8 Å². The number of hydrogen-bond acceptors (Lipinski definition) is 3. The summed E-state index contributed by atoms with van der Waals surface area (Å²) >= 11 is 0. The summed E-state index contributed by atoms with van der Waals surface area (Å²) in [6, 6.07) is 0. The van der Waals surface area contributed by atoms with E-state index in [-0.39, 0.29) is 0 Å². The summed E-state index contributed by atoms with van der Waals surface area (Å²) in [7, 11) is 0. The number of likely N-dealkylation sites (N-methyl/N-ethyl adjacent to an activating group) is 1. The van der Waals surface area contributed by atoms with Crippen molar-refractivity contribution in [3.05, 3.63) is 0 Å². The van der Waals surface area contributed by atoms with Crippen LogP contribution < -0.4 is 0 Å². The van der Waals surface area contributed by atoms with Gasteiger partial charge in [0.15, 0.2) is 0 Å². The van der Waals surface area contributed by atoms with Gasteiger partial charge in [0.1, 0.15) is 0 Å². The lowest BCUT2D eigenvalue weighted by atomic mass is 9.72. The Morgan fingerprint density at radius 1 is 1.00 bits per heavy atom. The van der Waals surface area contributed by atoms with Crippen LogP contribution in [0.3, 0.4) is 0 Å². The molecular weight excluding hydrogens is 262 g/mol. The Kier molecular flexibility index (Phi) is 5.67. The molecule has 0 aliphatic carbocycles. The van der Waals surface area contributed by atoms with E-state index < -0.39 is 0 Å². The molecule has 0 atom stereocenters. The third-order valence-corrected chi connectivity index (χ3v) is 5.92. The zero-order valence-corrected chi connectivity index (χ0v) is 14.4. The molecule has 2 rings (SSSR count). The largest absolute Gasteiger partial charge is 0.342 e. The molecule has 2 fully saturated rings. The van der Waals surface area contributed by atoms with Crippen molar-refractivity contribution < 1.29 is 4.79 Å². The Morgan fingerprint density at radius 3 is 2.00 bits per heavy atom. The van der Waals surface area contributed by atoms with Crippen molar-refractivity contribution in [2.45, 2.75) is 40.5 Å². The maximum Gasteiger partial charge on any atom is 0.236 e. The number of piperazine rings is 1. The van der Waals surface area contributed by atoms with Gasteiger partial charge in [0.2, 0.25) is 5.91 Å². The fourth-order valence-corrected chi connectivity index (χ4v) is 3.40. The number of hydrogen-bond donors (Lipinski definition) is 0. The fraction of sp³-hybridized carbons (Fsp3) is 0.941. The minimum atomic E-state index is 0.339. The first kappa shape index (κ1) is 16.8. The van der Waals surface area contributed by atoms with Gasteiger partial charge < -0.3 is 9.80 Å². The molecule has 2 saturated heterocycles. The number of piperidine rings is 1. The molecule has 0 aromatic rings. The number of amides is 1. The molecule has 0 bridgehead atoms. The van der Waals surface area contributed by atoms with Gasteiger partial charge in [-0.25, -0.2) is 0 Å². The Labute approximate surface area is 130 Å². The van der Waals surface area contributed by atoms with Crippen molar-refractivity contribution >= 4 is 5.91 Å². The fourth-order valence-electron chi connectivity index (χ4n) is 3.40. The smallest absolute Gasteiger partial charge is 0.236 e. The van der Waals surface area contributed by atoms with E-state index >= 15 is 0 Å². The molecule has 4 nitrogen and oxygen atoms in total. The quantitative estimate of drug-likeness (QED) is 0.793. The lowest BCUT2D eigenvalue weighted by Crippen LogP contribution is -2.51. The second-order valence-corrected chi connectivity index (χ2v) is 7.40. The molecule has 0 aromatic carbocycles. The number of carbonyl (C=O) groups excluding carboxylic acids is 1. The van der Waals surface area contributed by atoms with Gasteiger partial charge in [-0.3, -0.25) is 9.69 Å². The Balaban J connectivity index is 1.75. The lowest BCUT2D eigenvalue weighted by Gasteiger charge is -2.43. The maximum absolute atomic E-state index is 12.5. The van der Waals surface area contributed by atoms with Crippen molar-refractivity contribution in [3.8, 4) is 0 Å². The van der Waals surface area contributed by atoms with E-state index in [2.05, 4.69) is 42.4 Å². The van der Waals surface area contributed by atoms with E-state index in [0.717, 1.165) is 58.7 Å². The predicted octanol–water partition coefficient (Wildman–Crippen LogP) is 1.91. The standard InChI is InChI=1S/C17H33N3O/c1-5-18-10-12-19(13-11-18)14-16(21)20-8-6-17(4,7-9-20)15(2)3/h15H,5-14H2,1-4H3. The Bertz CT molecular complexity index is 340. The first-order valence-corrected chi connectivity index (χ1v) is 8.67. The molecule has 0 spiro atoms. The summed E-state index contributed by atoms with van der Waals surface area (Å²) in [5.41, 5.74) is 0.420. The van der Waals surface area contributed by atoms with Crippen LogP contribution in [0.4, 0.5) is 0 Å². The highest BCUT2D eigenvalue weighted by atomic mass is 16.2. The molecule has 0 unspecified atom stereocenters. The van der Waals surface area contributed by atoms with Gasteiger partial charge in [-0.05, 0) is 30.7 Å². The zero-order chi connectivity index (χ0) is 15.5. The molecule has 2 aliphatic heterocycles. The van der Waals surface area contributed by atoms with Crippen LogP contribution in [0.25, 0.3) is 0 Å². The molecule has 2 heterocycles. The monoisotopic (exact) mass is 295 g/mol. The Hall–Kier alpha value is -0.610. The summed E-state index contributed by atoms with van der Waals surface area (Å²) in [6.07, 6.45) is 2.31. The lowest BCUT2D eigenvalue weighted by molar-refractivity contribution is -0.135. The average Bonchev–Trinajstić information content (AvgIpc) is 2.48. The molecule has 122 valence electrons. The summed E-state index contributed by atoms with van der Waals surface area (Å²) in [4.78, 5) is 19.3. The SMILES string of the molecule is CCN1CCN(CC(=O)N2CCC(C)(C(C)C)CC2)CC1. The number of rotatable bonds is 4. The highest BCUT2D eigenvalue weighted by Gasteiger charge is 2.34. The minimum Gasteiger partial charge on any atom is -0.342 e. The molecule has 1 amide bonds. The van der Waals surface area contributed by atoms with E-state index in [1.807, 2.05) is 0 Å². The van der Waals surface area contributed by atoms with Crippen LogP contribution >= 0.6 is 0 Å². The number of likely N-dealkylation sites (tertiary alicyclic amines) is 1. The molecule has 0 radical (unpaired) electrons. The van der Waals surface area contributed by atoms with Crippen LogP contribution in [-0.4, -0.2) is 73.0 Å². The van der Waals surface area contributed by atoms with Crippen LogP contribution in [0.5, 0.6) is 0 Å². The normalized spacial score (nSPS) is 24.5. The van der Waals surface area contributed by atoms with Crippen LogP contribution in [0, 0.1) is 11.3 Å². The van der Waals surface area contributed by atoms with Crippen molar-refractivity contribution in [2.75, 3.05) is 52.4 Å². The maximum atomic E-state index is 12.5. The van der Waals surface area contributed by atoms with Crippen LogP contribution in [-0.2, 0) is 4.79 Å². The van der Waals surface area contributed by atoms with E-state index in [9.17, 15) is 4.79 Å². The van der Waals surface area contributed by atoms with Gasteiger partial charge in [0.05, 0.1) is 6.54 Å².